The Hall–Kier alpha value is -2.80. The molecule has 0 saturated heterocycles. The smallest absolute Gasteiger partial charge is 0.153 e. The SMILES string of the molecule is COc1ccc(OCc2cccc(C#N)c2)c(C=O)c1. The van der Waals surface area contributed by atoms with Gasteiger partial charge in [0.2, 0.25) is 0 Å². The van der Waals surface area contributed by atoms with E-state index < -0.39 is 0 Å². The molecule has 4 nitrogen and oxygen atoms in total. The highest BCUT2D eigenvalue weighted by Crippen LogP contribution is 2.23. The van der Waals surface area contributed by atoms with E-state index in [4.69, 9.17) is 14.7 Å². The lowest BCUT2D eigenvalue weighted by Gasteiger charge is -2.10. The molecule has 0 fully saturated rings. The highest BCUT2D eigenvalue weighted by molar-refractivity contribution is 5.80. The lowest BCUT2D eigenvalue weighted by atomic mass is 10.1. The topological polar surface area (TPSA) is 59.3 Å². The first-order chi connectivity index (χ1) is 9.76. The van der Waals surface area contributed by atoms with Gasteiger partial charge in [0.15, 0.2) is 6.29 Å². The van der Waals surface area contributed by atoms with Gasteiger partial charge >= 0.3 is 0 Å². The quantitative estimate of drug-likeness (QED) is 0.781. The zero-order chi connectivity index (χ0) is 14.4. The molecule has 0 unspecified atom stereocenters. The summed E-state index contributed by atoms with van der Waals surface area (Å²) in [7, 11) is 1.54. The van der Waals surface area contributed by atoms with E-state index in [-0.39, 0.29) is 0 Å². The minimum atomic E-state index is 0.294. The summed E-state index contributed by atoms with van der Waals surface area (Å²) < 4.78 is 10.7. The molecule has 100 valence electrons. The van der Waals surface area contributed by atoms with E-state index >= 15 is 0 Å². The summed E-state index contributed by atoms with van der Waals surface area (Å²) in [5, 5.41) is 8.84. The molecule has 0 bridgehead atoms. The van der Waals surface area contributed by atoms with Crippen molar-refractivity contribution in [1.82, 2.24) is 0 Å². The van der Waals surface area contributed by atoms with Gasteiger partial charge in [0.25, 0.3) is 0 Å². The van der Waals surface area contributed by atoms with Crippen LogP contribution in [0.3, 0.4) is 0 Å². The van der Waals surface area contributed by atoms with Crippen LogP contribution in [0.4, 0.5) is 0 Å². The second-order valence-corrected chi connectivity index (χ2v) is 4.12. The Bertz CT molecular complexity index is 659. The summed E-state index contributed by atoms with van der Waals surface area (Å²) in [6.45, 7) is 0.294. The first-order valence-electron chi connectivity index (χ1n) is 6.02. The van der Waals surface area contributed by atoms with Crippen molar-refractivity contribution in [3.05, 3.63) is 59.2 Å². The third kappa shape index (κ3) is 3.15. The number of aldehydes is 1. The number of rotatable bonds is 5. The Morgan fingerprint density at radius 2 is 2.10 bits per heavy atom. The van der Waals surface area contributed by atoms with E-state index in [0.717, 1.165) is 11.8 Å². The van der Waals surface area contributed by atoms with Crippen LogP contribution < -0.4 is 9.47 Å². The number of methoxy groups -OCH3 is 1. The second kappa shape index (κ2) is 6.39. The molecule has 0 heterocycles. The average Bonchev–Trinajstić information content (AvgIpc) is 2.52. The number of hydrogen-bond donors (Lipinski definition) is 0. The molecule has 2 rings (SSSR count). The predicted octanol–water partition coefficient (Wildman–Crippen LogP) is 2.96. The summed E-state index contributed by atoms with van der Waals surface area (Å²) in [5.41, 5.74) is 1.88. The van der Waals surface area contributed by atoms with Gasteiger partial charge in [-0.15, -0.1) is 0 Å². The maximum atomic E-state index is 11.0. The van der Waals surface area contributed by atoms with Crippen molar-refractivity contribution in [1.29, 1.82) is 5.26 Å². The van der Waals surface area contributed by atoms with E-state index in [1.54, 1.807) is 36.4 Å². The van der Waals surface area contributed by atoms with E-state index in [1.807, 2.05) is 6.07 Å². The van der Waals surface area contributed by atoms with Crippen molar-refractivity contribution in [3.63, 3.8) is 0 Å². The van der Waals surface area contributed by atoms with Crippen LogP contribution in [0.1, 0.15) is 21.5 Å². The molecule has 4 heteroatoms. The normalized spacial score (nSPS) is 9.60. The fourth-order valence-corrected chi connectivity index (χ4v) is 1.77. The van der Waals surface area contributed by atoms with Crippen LogP contribution in [0.25, 0.3) is 0 Å². The molecule has 0 atom stereocenters. The van der Waals surface area contributed by atoms with Gasteiger partial charge in [-0.05, 0) is 35.9 Å². The van der Waals surface area contributed by atoms with E-state index in [0.29, 0.717) is 29.2 Å². The molecule has 2 aromatic rings. The van der Waals surface area contributed by atoms with Gasteiger partial charge in [0, 0.05) is 0 Å². The Balaban J connectivity index is 2.14. The van der Waals surface area contributed by atoms with Crippen LogP contribution in [-0.2, 0) is 6.61 Å². The van der Waals surface area contributed by atoms with Gasteiger partial charge in [-0.1, -0.05) is 12.1 Å². The van der Waals surface area contributed by atoms with E-state index in [1.165, 1.54) is 7.11 Å². The van der Waals surface area contributed by atoms with Crippen molar-refractivity contribution in [2.24, 2.45) is 0 Å². The Morgan fingerprint density at radius 1 is 1.25 bits per heavy atom. The molecular weight excluding hydrogens is 254 g/mol. The lowest BCUT2D eigenvalue weighted by molar-refractivity contribution is 0.111. The number of nitrogens with zero attached hydrogens (tertiary/aromatic N) is 1. The number of benzene rings is 2. The highest BCUT2D eigenvalue weighted by Gasteiger charge is 2.05. The Kier molecular flexibility index (Phi) is 4.35. The zero-order valence-corrected chi connectivity index (χ0v) is 11.0. The van der Waals surface area contributed by atoms with Gasteiger partial charge in [-0.3, -0.25) is 4.79 Å². The van der Waals surface area contributed by atoms with Crippen molar-refractivity contribution in [3.8, 4) is 17.6 Å². The molecule has 0 saturated carbocycles. The van der Waals surface area contributed by atoms with Crippen molar-refractivity contribution in [2.75, 3.05) is 7.11 Å². The van der Waals surface area contributed by atoms with Crippen LogP contribution in [0.15, 0.2) is 42.5 Å². The summed E-state index contributed by atoms with van der Waals surface area (Å²) in [5.74, 6) is 1.09. The number of hydrogen-bond acceptors (Lipinski definition) is 4. The fourth-order valence-electron chi connectivity index (χ4n) is 1.77. The maximum absolute atomic E-state index is 11.0. The number of nitriles is 1. The van der Waals surface area contributed by atoms with E-state index in [9.17, 15) is 4.79 Å². The summed E-state index contributed by atoms with van der Waals surface area (Å²) in [6, 6.07) is 14.3. The lowest BCUT2D eigenvalue weighted by Crippen LogP contribution is -1.99. The largest absolute Gasteiger partial charge is 0.497 e. The van der Waals surface area contributed by atoms with Crippen LogP contribution in [-0.4, -0.2) is 13.4 Å². The number of carbonyl (C=O) groups is 1. The van der Waals surface area contributed by atoms with Crippen molar-refractivity contribution >= 4 is 6.29 Å². The molecule has 0 N–H and O–H groups in total. The van der Waals surface area contributed by atoms with Gasteiger partial charge in [-0.25, -0.2) is 0 Å². The fraction of sp³-hybridized carbons (Fsp3) is 0.125. The Morgan fingerprint density at radius 3 is 2.80 bits per heavy atom. The van der Waals surface area contributed by atoms with Gasteiger partial charge < -0.3 is 9.47 Å². The highest BCUT2D eigenvalue weighted by atomic mass is 16.5. The number of ether oxygens (including phenoxy) is 2. The Labute approximate surface area is 117 Å². The average molecular weight is 267 g/mol. The van der Waals surface area contributed by atoms with Gasteiger partial charge in [0.05, 0.1) is 24.3 Å². The van der Waals surface area contributed by atoms with Gasteiger partial charge in [-0.2, -0.15) is 5.26 Å². The first-order valence-corrected chi connectivity index (χ1v) is 6.02. The third-order valence-electron chi connectivity index (χ3n) is 2.79. The zero-order valence-electron chi connectivity index (χ0n) is 11.0. The third-order valence-corrected chi connectivity index (χ3v) is 2.79. The minimum absolute atomic E-state index is 0.294. The summed E-state index contributed by atoms with van der Waals surface area (Å²) in [4.78, 5) is 11.0. The molecule has 0 amide bonds. The molecule has 0 aromatic heterocycles. The molecule has 0 aliphatic rings. The molecular formula is C16H13NO3. The maximum Gasteiger partial charge on any atom is 0.153 e. The van der Waals surface area contributed by atoms with Crippen LogP contribution >= 0.6 is 0 Å². The first kappa shape index (κ1) is 13.6. The number of carbonyl (C=O) groups excluding carboxylic acids is 1. The summed E-state index contributed by atoms with van der Waals surface area (Å²) in [6.07, 6.45) is 0.726. The van der Waals surface area contributed by atoms with E-state index in [2.05, 4.69) is 6.07 Å². The molecule has 20 heavy (non-hydrogen) atoms. The molecule has 0 aliphatic carbocycles. The molecule has 0 radical (unpaired) electrons. The van der Waals surface area contributed by atoms with Crippen molar-refractivity contribution < 1.29 is 14.3 Å². The molecule has 0 aliphatic heterocycles. The minimum Gasteiger partial charge on any atom is -0.497 e. The van der Waals surface area contributed by atoms with Crippen LogP contribution in [0.2, 0.25) is 0 Å². The predicted molar refractivity (Wildman–Crippen MR) is 73.9 cm³/mol. The monoisotopic (exact) mass is 267 g/mol. The van der Waals surface area contributed by atoms with Gasteiger partial charge in [0.1, 0.15) is 18.1 Å². The summed E-state index contributed by atoms with van der Waals surface area (Å²) >= 11 is 0. The molecule has 2 aromatic carbocycles. The standard InChI is InChI=1S/C16H13NO3/c1-19-15-5-6-16(14(8-15)10-18)20-11-13-4-2-3-12(7-13)9-17/h2-8,10H,11H2,1H3. The molecule has 0 spiro atoms. The second-order valence-electron chi connectivity index (χ2n) is 4.12. The van der Waals surface area contributed by atoms with Crippen molar-refractivity contribution in [2.45, 2.75) is 6.61 Å². The van der Waals surface area contributed by atoms with Crippen LogP contribution in [0.5, 0.6) is 11.5 Å². The van der Waals surface area contributed by atoms with Crippen LogP contribution in [0, 0.1) is 11.3 Å².